The first-order chi connectivity index (χ1) is 14.6. The Kier molecular flexibility index (Phi) is 3.76. The van der Waals surface area contributed by atoms with Crippen LogP contribution in [-0.4, -0.2) is 42.3 Å². The monoisotopic (exact) mass is 423 g/mol. The number of benzene rings is 1. The second-order valence-corrected chi connectivity index (χ2v) is 8.37. The molecule has 2 fully saturated rings. The maximum Gasteiger partial charge on any atom is 0.280 e. The highest BCUT2D eigenvalue weighted by atomic mass is 35.5. The SMILES string of the molecule is Cn1cnc2ncn(Cc3nc([C@H]4[C@@H]5CN(c6ccccc6Cl)C[C@@H]54)no3)c(=O)c21. The van der Waals surface area contributed by atoms with Crippen LogP contribution in [0.15, 0.2) is 46.2 Å². The van der Waals surface area contributed by atoms with Gasteiger partial charge in [0.2, 0.25) is 5.89 Å². The van der Waals surface area contributed by atoms with Gasteiger partial charge in [-0.1, -0.05) is 28.9 Å². The molecule has 4 heterocycles. The molecule has 2 aliphatic rings. The molecule has 1 saturated heterocycles. The predicted octanol–water partition coefficient (Wildman–Crippen LogP) is 2.06. The van der Waals surface area contributed by atoms with Gasteiger partial charge in [0.15, 0.2) is 17.0 Å². The third-order valence-electron chi connectivity index (χ3n) is 6.18. The summed E-state index contributed by atoms with van der Waals surface area (Å²) in [5.41, 5.74) is 1.78. The zero-order valence-electron chi connectivity index (χ0n) is 16.1. The highest BCUT2D eigenvalue weighted by molar-refractivity contribution is 6.33. The van der Waals surface area contributed by atoms with E-state index in [-0.39, 0.29) is 12.1 Å². The van der Waals surface area contributed by atoms with Crippen LogP contribution in [0.5, 0.6) is 0 Å². The number of imidazole rings is 1. The maximum absolute atomic E-state index is 12.7. The summed E-state index contributed by atoms with van der Waals surface area (Å²) in [4.78, 5) is 27.9. The van der Waals surface area contributed by atoms with Crippen molar-refractivity contribution in [3.63, 3.8) is 0 Å². The van der Waals surface area contributed by atoms with Crippen molar-refractivity contribution in [3.05, 3.63) is 64.0 Å². The molecule has 0 N–H and O–H groups in total. The average Bonchev–Trinajstić information content (AvgIpc) is 3.16. The molecule has 3 atom stereocenters. The van der Waals surface area contributed by atoms with Crippen molar-refractivity contribution < 1.29 is 4.52 Å². The lowest BCUT2D eigenvalue weighted by Gasteiger charge is -2.22. The number of hydrogen-bond donors (Lipinski definition) is 0. The fourth-order valence-electron chi connectivity index (χ4n) is 4.61. The molecule has 1 aromatic carbocycles. The van der Waals surface area contributed by atoms with E-state index in [1.54, 1.807) is 17.9 Å². The molecule has 0 amide bonds. The first-order valence-electron chi connectivity index (χ1n) is 9.78. The van der Waals surface area contributed by atoms with Crippen LogP contribution in [0.4, 0.5) is 5.69 Å². The molecule has 9 nitrogen and oxygen atoms in total. The molecule has 4 aromatic rings. The number of hydrogen-bond acceptors (Lipinski definition) is 7. The van der Waals surface area contributed by atoms with E-state index < -0.39 is 0 Å². The van der Waals surface area contributed by atoms with E-state index in [4.69, 9.17) is 16.1 Å². The van der Waals surface area contributed by atoms with Gasteiger partial charge in [-0.05, 0) is 24.0 Å². The van der Waals surface area contributed by atoms with E-state index in [1.165, 1.54) is 10.9 Å². The largest absolute Gasteiger partial charge is 0.370 e. The topological polar surface area (TPSA) is 94.9 Å². The van der Waals surface area contributed by atoms with E-state index in [0.29, 0.717) is 34.8 Å². The summed E-state index contributed by atoms with van der Waals surface area (Å²) >= 11 is 6.33. The molecule has 10 heteroatoms. The van der Waals surface area contributed by atoms with Gasteiger partial charge in [0.25, 0.3) is 5.56 Å². The number of fused-ring (bicyclic) bond motifs is 2. The van der Waals surface area contributed by atoms with Crippen molar-refractivity contribution in [1.29, 1.82) is 0 Å². The van der Waals surface area contributed by atoms with Crippen LogP contribution in [-0.2, 0) is 13.6 Å². The average molecular weight is 424 g/mol. The summed E-state index contributed by atoms with van der Waals surface area (Å²) in [6.45, 7) is 2.06. The second kappa shape index (κ2) is 6.40. The quantitative estimate of drug-likeness (QED) is 0.495. The zero-order chi connectivity index (χ0) is 20.4. The van der Waals surface area contributed by atoms with Crippen molar-refractivity contribution >= 4 is 28.5 Å². The number of aromatic nitrogens is 6. The first kappa shape index (κ1) is 17.6. The fourth-order valence-corrected chi connectivity index (χ4v) is 4.87. The van der Waals surface area contributed by atoms with Gasteiger partial charge >= 0.3 is 0 Å². The predicted molar refractivity (Wildman–Crippen MR) is 110 cm³/mol. The Morgan fingerprint density at radius 2 is 1.93 bits per heavy atom. The van der Waals surface area contributed by atoms with Gasteiger partial charge in [-0.25, -0.2) is 9.97 Å². The zero-order valence-corrected chi connectivity index (χ0v) is 16.9. The van der Waals surface area contributed by atoms with E-state index in [0.717, 1.165) is 29.6 Å². The van der Waals surface area contributed by atoms with E-state index in [1.807, 2.05) is 18.2 Å². The lowest BCUT2D eigenvalue weighted by molar-refractivity contribution is 0.363. The van der Waals surface area contributed by atoms with Crippen molar-refractivity contribution in [2.45, 2.75) is 12.5 Å². The summed E-state index contributed by atoms with van der Waals surface area (Å²) < 4.78 is 8.57. The molecule has 0 unspecified atom stereocenters. The van der Waals surface area contributed by atoms with E-state index in [9.17, 15) is 4.79 Å². The van der Waals surface area contributed by atoms with Gasteiger partial charge in [-0.15, -0.1) is 0 Å². The molecule has 0 bridgehead atoms. The molecule has 1 saturated carbocycles. The number of nitrogens with zero attached hydrogens (tertiary/aromatic N) is 7. The third-order valence-corrected chi connectivity index (χ3v) is 6.49. The van der Waals surface area contributed by atoms with Crippen molar-refractivity contribution in [1.82, 2.24) is 29.2 Å². The number of piperidine rings is 1. The molecule has 0 radical (unpaired) electrons. The molecule has 1 aliphatic carbocycles. The van der Waals surface area contributed by atoms with Crippen molar-refractivity contribution in [3.8, 4) is 0 Å². The van der Waals surface area contributed by atoms with Crippen LogP contribution in [0.2, 0.25) is 5.02 Å². The van der Waals surface area contributed by atoms with Crippen molar-refractivity contribution in [2.75, 3.05) is 18.0 Å². The Morgan fingerprint density at radius 3 is 2.73 bits per heavy atom. The molecule has 3 aromatic heterocycles. The Hall–Kier alpha value is -3.20. The van der Waals surface area contributed by atoms with Crippen molar-refractivity contribution in [2.24, 2.45) is 18.9 Å². The standard InChI is InChI=1S/C20H18ClN7O2/c1-26-9-22-19-17(26)20(29)28(10-23-19)8-15-24-18(25-30-15)16-11-6-27(7-12(11)16)14-5-3-2-4-13(14)21/h2-5,9-12,16H,6-8H2,1H3/t11-,12+,16+. The van der Waals surface area contributed by atoms with Gasteiger partial charge in [-0.2, -0.15) is 4.98 Å². The summed E-state index contributed by atoms with van der Waals surface area (Å²) in [7, 11) is 1.77. The minimum absolute atomic E-state index is 0.182. The van der Waals surface area contributed by atoms with E-state index in [2.05, 4.69) is 31.1 Å². The van der Waals surface area contributed by atoms with Crippen LogP contribution in [0.1, 0.15) is 17.6 Å². The minimum atomic E-state index is -0.182. The molecule has 1 aliphatic heterocycles. The molecule has 6 rings (SSSR count). The Bertz CT molecular complexity index is 1310. The Labute approximate surface area is 175 Å². The number of rotatable bonds is 4. The van der Waals surface area contributed by atoms with Crippen LogP contribution < -0.4 is 10.5 Å². The lowest BCUT2D eigenvalue weighted by atomic mass is 10.2. The Morgan fingerprint density at radius 1 is 1.17 bits per heavy atom. The first-order valence-corrected chi connectivity index (χ1v) is 10.2. The van der Waals surface area contributed by atoms with Gasteiger partial charge in [0.05, 0.1) is 17.0 Å². The number of anilines is 1. The van der Waals surface area contributed by atoms with Crippen LogP contribution in [0.3, 0.4) is 0 Å². The third kappa shape index (κ3) is 2.65. The van der Waals surface area contributed by atoms with Crippen LogP contribution in [0, 0.1) is 11.8 Å². The smallest absolute Gasteiger partial charge is 0.280 e. The second-order valence-electron chi connectivity index (χ2n) is 7.96. The summed E-state index contributed by atoms with van der Waals surface area (Å²) in [5, 5.41) is 4.97. The molecule has 152 valence electrons. The summed E-state index contributed by atoms with van der Waals surface area (Å²) in [6.07, 6.45) is 3.04. The highest BCUT2D eigenvalue weighted by Gasteiger charge is 2.58. The molecule has 0 spiro atoms. The maximum atomic E-state index is 12.7. The number of halogens is 1. The fraction of sp³-hybridized carbons (Fsp3) is 0.350. The number of aryl methyl sites for hydroxylation is 1. The highest BCUT2D eigenvalue weighted by Crippen LogP contribution is 2.58. The van der Waals surface area contributed by atoms with Crippen LogP contribution in [0.25, 0.3) is 11.2 Å². The summed E-state index contributed by atoms with van der Waals surface area (Å²) in [6, 6.07) is 7.93. The normalized spacial score (nSPS) is 22.6. The van der Waals surface area contributed by atoms with E-state index >= 15 is 0 Å². The molecule has 30 heavy (non-hydrogen) atoms. The van der Waals surface area contributed by atoms with Gasteiger partial charge in [-0.3, -0.25) is 9.36 Å². The van der Waals surface area contributed by atoms with Crippen LogP contribution >= 0.6 is 11.6 Å². The lowest BCUT2D eigenvalue weighted by Crippen LogP contribution is -2.24. The molecular weight excluding hydrogens is 406 g/mol. The van der Waals surface area contributed by atoms with Gasteiger partial charge in [0, 0.05) is 26.1 Å². The Balaban J connectivity index is 1.18. The minimum Gasteiger partial charge on any atom is -0.370 e. The number of para-hydroxylation sites is 1. The van der Waals surface area contributed by atoms with Gasteiger partial charge in [0.1, 0.15) is 12.9 Å². The summed E-state index contributed by atoms with van der Waals surface area (Å²) in [5.74, 6) is 2.43. The molecular formula is C20H18ClN7O2. The van der Waals surface area contributed by atoms with Gasteiger partial charge < -0.3 is 14.0 Å².